The lowest BCUT2D eigenvalue weighted by molar-refractivity contribution is 0.351. The third kappa shape index (κ3) is 4.79. The summed E-state index contributed by atoms with van der Waals surface area (Å²) in [6.07, 6.45) is 5.64. The van der Waals surface area contributed by atoms with Gasteiger partial charge in [0.1, 0.15) is 5.83 Å². The van der Waals surface area contributed by atoms with Crippen LogP contribution < -0.4 is 5.73 Å². The Bertz CT molecular complexity index is 244. The lowest BCUT2D eigenvalue weighted by atomic mass is 10.2. The van der Waals surface area contributed by atoms with Crippen molar-refractivity contribution in [3.8, 4) is 0 Å². The molecule has 3 heteroatoms. The van der Waals surface area contributed by atoms with Crippen molar-refractivity contribution in [3.63, 3.8) is 0 Å². The molecule has 0 bridgehead atoms. The molecule has 2 N–H and O–H groups in total. The molecule has 0 aliphatic rings. The van der Waals surface area contributed by atoms with Gasteiger partial charge in [-0.1, -0.05) is 19.6 Å². The molecule has 0 aliphatic heterocycles. The van der Waals surface area contributed by atoms with Gasteiger partial charge in [-0.3, -0.25) is 0 Å². The first kappa shape index (κ1) is 13.9. The van der Waals surface area contributed by atoms with Crippen LogP contribution in [0.1, 0.15) is 20.3 Å². The minimum Gasteiger partial charge on any atom is -0.369 e. The van der Waals surface area contributed by atoms with Crippen LogP contribution in [0, 0.1) is 0 Å². The molecule has 0 aromatic carbocycles. The summed E-state index contributed by atoms with van der Waals surface area (Å²) in [6.45, 7) is 9.49. The van der Waals surface area contributed by atoms with Crippen LogP contribution >= 0.6 is 0 Å². The molecule has 86 valence electrons. The fourth-order valence-corrected chi connectivity index (χ4v) is 1.37. The first-order valence-electron chi connectivity index (χ1n) is 5.34. The fraction of sp³-hybridized carbons (Fsp3) is 0.500. The average molecular weight is 212 g/mol. The summed E-state index contributed by atoms with van der Waals surface area (Å²) in [5.41, 5.74) is 5.86. The molecule has 0 atom stereocenters. The molecule has 0 spiro atoms. The van der Waals surface area contributed by atoms with Gasteiger partial charge in [-0.15, -0.1) is 0 Å². The third-order valence-electron chi connectivity index (χ3n) is 2.03. The fourth-order valence-electron chi connectivity index (χ4n) is 1.37. The van der Waals surface area contributed by atoms with Crippen molar-refractivity contribution < 1.29 is 4.39 Å². The molecule has 0 amide bonds. The number of nitrogens with zero attached hydrogens (tertiary/aromatic N) is 1. The van der Waals surface area contributed by atoms with Gasteiger partial charge in [-0.2, -0.15) is 0 Å². The number of nitrogens with two attached hydrogens (primary N) is 1. The monoisotopic (exact) mass is 212 g/mol. The first-order chi connectivity index (χ1) is 7.21. The Kier molecular flexibility index (Phi) is 7.64. The van der Waals surface area contributed by atoms with Crippen molar-refractivity contribution in [3.05, 3.63) is 36.3 Å². The Balaban J connectivity index is 4.85. The Labute approximate surface area is 92.0 Å². The maximum Gasteiger partial charge on any atom is 0.143 e. The van der Waals surface area contributed by atoms with E-state index in [1.54, 1.807) is 12.2 Å². The van der Waals surface area contributed by atoms with Gasteiger partial charge < -0.3 is 10.6 Å². The quantitative estimate of drug-likeness (QED) is 0.657. The molecule has 0 saturated heterocycles. The van der Waals surface area contributed by atoms with Gasteiger partial charge in [0.05, 0.1) is 5.70 Å². The van der Waals surface area contributed by atoms with Crippen LogP contribution in [-0.4, -0.2) is 24.5 Å². The summed E-state index contributed by atoms with van der Waals surface area (Å²) in [5, 5.41) is 0. The minimum absolute atomic E-state index is 0.212. The van der Waals surface area contributed by atoms with E-state index >= 15 is 0 Å². The smallest absolute Gasteiger partial charge is 0.143 e. The summed E-state index contributed by atoms with van der Waals surface area (Å²) in [4.78, 5) is 1.98. The molecule has 0 aromatic heterocycles. The average Bonchev–Trinajstić information content (AvgIpc) is 2.23. The molecule has 0 heterocycles. The van der Waals surface area contributed by atoms with Crippen LogP contribution in [0.4, 0.5) is 4.39 Å². The SMILES string of the molecule is C=C/C=C(\C(F)=C/CN)N(CC)CCC. The number of likely N-dealkylation sites (N-methyl/N-ethyl adjacent to an activating group) is 1. The van der Waals surface area contributed by atoms with Crippen LogP contribution in [0.25, 0.3) is 0 Å². The molecule has 2 nitrogen and oxygen atoms in total. The van der Waals surface area contributed by atoms with Crippen LogP contribution in [-0.2, 0) is 0 Å². The number of allylic oxidation sites excluding steroid dienone is 3. The summed E-state index contributed by atoms with van der Waals surface area (Å²) >= 11 is 0. The summed E-state index contributed by atoms with van der Waals surface area (Å²) in [5.74, 6) is -0.271. The lowest BCUT2D eigenvalue weighted by Crippen LogP contribution is -2.24. The molecule has 0 unspecified atom stereocenters. The molecule has 0 rings (SSSR count). The molecule has 15 heavy (non-hydrogen) atoms. The van der Waals surface area contributed by atoms with Crippen molar-refractivity contribution in [1.29, 1.82) is 0 Å². The van der Waals surface area contributed by atoms with Crippen LogP contribution in [0.2, 0.25) is 0 Å². The lowest BCUT2D eigenvalue weighted by Gasteiger charge is -2.24. The summed E-state index contributed by atoms with van der Waals surface area (Å²) in [7, 11) is 0. The van der Waals surface area contributed by atoms with Gasteiger partial charge in [0.2, 0.25) is 0 Å². The van der Waals surface area contributed by atoms with Crippen molar-refractivity contribution in [2.45, 2.75) is 20.3 Å². The summed E-state index contributed by atoms with van der Waals surface area (Å²) < 4.78 is 13.6. The minimum atomic E-state index is -0.271. The van der Waals surface area contributed by atoms with Crippen molar-refractivity contribution in [1.82, 2.24) is 4.90 Å². The maximum atomic E-state index is 13.6. The second-order valence-electron chi connectivity index (χ2n) is 3.16. The second-order valence-corrected chi connectivity index (χ2v) is 3.16. The second kappa shape index (κ2) is 8.24. The van der Waals surface area contributed by atoms with Gasteiger partial charge in [-0.25, -0.2) is 4.39 Å². The highest BCUT2D eigenvalue weighted by Gasteiger charge is 2.10. The van der Waals surface area contributed by atoms with Crippen molar-refractivity contribution >= 4 is 0 Å². The van der Waals surface area contributed by atoms with Crippen LogP contribution in [0.15, 0.2) is 36.3 Å². The van der Waals surface area contributed by atoms with E-state index in [0.717, 1.165) is 19.5 Å². The van der Waals surface area contributed by atoms with E-state index in [2.05, 4.69) is 13.5 Å². The van der Waals surface area contributed by atoms with Gasteiger partial charge >= 0.3 is 0 Å². The zero-order chi connectivity index (χ0) is 11.7. The largest absolute Gasteiger partial charge is 0.369 e. The number of rotatable bonds is 7. The maximum absolute atomic E-state index is 13.6. The molecular formula is C12H21FN2. The zero-order valence-corrected chi connectivity index (χ0v) is 9.67. The van der Waals surface area contributed by atoms with E-state index in [1.807, 2.05) is 11.8 Å². The van der Waals surface area contributed by atoms with Gasteiger partial charge in [0.25, 0.3) is 0 Å². The highest BCUT2D eigenvalue weighted by atomic mass is 19.1. The highest BCUT2D eigenvalue weighted by Crippen LogP contribution is 2.16. The van der Waals surface area contributed by atoms with E-state index in [4.69, 9.17) is 5.73 Å². The zero-order valence-electron chi connectivity index (χ0n) is 9.67. The highest BCUT2D eigenvalue weighted by molar-refractivity contribution is 5.27. The summed E-state index contributed by atoms with van der Waals surface area (Å²) in [6, 6.07) is 0. The Morgan fingerprint density at radius 2 is 2.13 bits per heavy atom. The molecule has 0 fully saturated rings. The predicted molar refractivity (Wildman–Crippen MR) is 64.1 cm³/mol. The normalized spacial score (nSPS) is 12.8. The van der Waals surface area contributed by atoms with E-state index < -0.39 is 0 Å². The number of hydrogen-bond donors (Lipinski definition) is 1. The Morgan fingerprint density at radius 3 is 2.53 bits per heavy atom. The van der Waals surface area contributed by atoms with Gasteiger partial charge in [0.15, 0.2) is 0 Å². The first-order valence-corrected chi connectivity index (χ1v) is 5.34. The Hall–Kier alpha value is -1.09. The van der Waals surface area contributed by atoms with E-state index in [0.29, 0.717) is 5.70 Å². The molecular weight excluding hydrogens is 191 g/mol. The van der Waals surface area contributed by atoms with Crippen LogP contribution in [0.3, 0.4) is 0 Å². The standard InChI is InChI=1S/C12H21FN2/c1-4-7-12(11(13)8-9-14)15(6-3)10-5-2/h4,7-8H,1,5-6,9-10,14H2,2-3H3/b11-8+,12-7+. The van der Waals surface area contributed by atoms with E-state index in [9.17, 15) is 4.39 Å². The number of hydrogen-bond acceptors (Lipinski definition) is 2. The Morgan fingerprint density at radius 1 is 1.47 bits per heavy atom. The third-order valence-corrected chi connectivity index (χ3v) is 2.03. The predicted octanol–water partition coefficient (Wildman–Crippen LogP) is 2.60. The molecule has 0 saturated carbocycles. The molecule has 0 radical (unpaired) electrons. The van der Waals surface area contributed by atoms with Crippen molar-refractivity contribution in [2.75, 3.05) is 19.6 Å². The van der Waals surface area contributed by atoms with Crippen LogP contribution in [0.5, 0.6) is 0 Å². The van der Waals surface area contributed by atoms with E-state index in [1.165, 1.54) is 6.08 Å². The topological polar surface area (TPSA) is 29.3 Å². The van der Waals surface area contributed by atoms with Gasteiger partial charge in [0, 0.05) is 19.6 Å². The van der Waals surface area contributed by atoms with E-state index in [-0.39, 0.29) is 12.4 Å². The van der Waals surface area contributed by atoms with Gasteiger partial charge in [-0.05, 0) is 25.5 Å². The van der Waals surface area contributed by atoms with Crippen molar-refractivity contribution in [2.24, 2.45) is 5.73 Å². The molecule has 0 aromatic rings. The molecule has 0 aliphatic carbocycles. The number of halogens is 1.